The first-order valence-electron chi connectivity index (χ1n) is 33.0. The van der Waals surface area contributed by atoms with Crippen molar-refractivity contribution >= 4 is 17.9 Å². The highest BCUT2D eigenvalue weighted by Crippen LogP contribution is 2.16. The van der Waals surface area contributed by atoms with Crippen LogP contribution in [0.2, 0.25) is 0 Å². The van der Waals surface area contributed by atoms with Crippen molar-refractivity contribution in [2.75, 3.05) is 13.2 Å². The summed E-state index contributed by atoms with van der Waals surface area (Å²) in [7, 11) is 0. The summed E-state index contributed by atoms with van der Waals surface area (Å²) in [5.74, 6) is -1.01. The van der Waals surface area contributed by atoms with Gasteiger partial charge >= 0.3 is 17.9 Å². The van der Waals surface area contributed by atoms with E-state index in [1.807, 2.05) is 0 Å². The molecule has 0 aromatic carbocycles. The van der Waals surface area contributed by atoms with E-state index < -0.39 is 6.10 Å². The Balaban J connectivity index is 4.33. The molecule has 0 radical (unpaired) electrons. The second-order valence-electron chi connectivity index (χ2n) is 21.6. The summed E-state index contributed by atoms with van der Waals surface area (Å²) in [6, 6.07) is 0. The van der Waals surface area contributed by atoms with E-state index in [1.165, 1.54) is 154 Å². The van der Waals surface area contributed by atoms with Crippen molar-refractivity contribution in [3.8, 4) is 0 Å². The third kappa shape index (κ3) is 64.5. The highest BCUT2D eigenvalue weighted by atomic mass is 16.6. The molecule has 0 aromatic rings. The average Bonchev–Trinajstić information content (AvgIpc) is 3.45. The van der Waals surface area contributed by atoms with E-state index in [2.05, 4.69) is 142 Å². The monoisotopic (exact) mass is 1090 g/mol. The van der Waals surface area contributed by atoms with Gasteiger partial charge in [-0.05, 0) is 122 Å². The van der Waals surface area contributed by atoms with Crippen LogP contribution in [0.5, 0.6) is 0 Å². The quantitative estimate of drug-likeness (QED) is 0.0261. The summed E-state index contributed by atoms with van der Waals surface area (Å²) in [5.41, 5.74) is 0. The molecule has 0 heterocycles. The zero-order chi connectivity index (χ0) is 57.1. The fourth-order valence-electron chi connectivity index (χ4n) is 9.05. The first-order valence-corrected chi connectivity index (χ1v) is 33.0. The highest BCUT2D eigenvalue weighted by molar-refractivity contribution is 5.71. The fourth-order valence-corrected chi connectivity index (χ4v) is 9.05. The molecule has 450 valence electrons. The number of unbranched alkanes of at least 4 members (excludes halogenated alkanes) is 28. The summed E-state index contributed by atoms with van der Waals surface area (Å²) >= 11 is 0. The van der Waals surface area contributed by atoms with Crippen molar-refractivity contribution < 1.29 is 28.6 Å². The first-order chi connectivity index (χ1) is 39.0. The van der Waals surface area contributed by atoms with Crippen LogP contribution < -0.4 is 0 Å². The van der Waals surface area contributed by atoms with Gasteiger partial charge in [0.25, 0.3) is 0 Å². The Morgan fingerprint density at radius 3 is 0.848 bits per heavy atom. The van der Waals surface area contributed by atoms with Crippen LogP contribution in [0.25, 0.3) is 0 Å². The van der Waals surface area contributed by atoms with Crippen LogP contribution in [0.3, 0.4) is 0 Å². The van der Waals surface area contributed by atoms with Crippen LogP contribution in [0.15, 0.2) is 122 Å². The van der Waals surface area contributed by atoms with Crippen molar-refractivity contribution in [3.05, 3.63) is 122 Å². The molecule has 1 unspecified atom stereocenters. The predicted octanol–water partition coefficient (Wildman–Crippen LogP) is 22.8. The molecule has 6 heteroatoms. The van der Waals surface area contributed by atoms with Crippen molar-refractivity contribution in [2.24, 2.45) is 0 Å². The molecule has 1 atom stereocenters. The number of allylic oxidation sites excluding steroid dienone is 20. The van der Waals surface area contributed by atoms with Gasteiger partial charge in [0.2, 0.25) is 0 Å². The lowest BCUT2D eigenvalue weighted by molar-refractivity contribution is -0.167. The Morgan fingerprint density at radius 2 is 0.506 bits per heavy atom. The van der Waals surface area contributed by atoms with Gasteiger partial charge in [-0.3, -0.25) is 14.4 Å². The molecule has 0 aromatic heterocycles. The highest BCUT2D eigenvalue weighted by Gasteiger charge is 2.19. The van der Waals surface area contributed by atoms with Crippen LogP contribution in [-0.2, 0) is 28.6 Å². The second kappa shape index (κ2) is 66.3. The molecule has 0 N–H and O–H groups in total. The SMILES string of the molecule is CC/C=C\C/C=C\C/C=C\C/C=C\C/C=C\CCCC(=O)OC(COC(=O)CCCC/C=C\C/C=C\C/C=C\C/C=C\CC)COC(=O)CCCCCCCCCCCCCCCCCCC/C=C\CCCCCCCCCC. The van der Waals surface area contributed by atoms with Crippen LogP contribution in [0.1, 0.15) is 303 Å². The molecule has 0 bridgehead atoms. The maximum Gasteiger partial charge on any atom is 0.306 e. The molecular weight excluding hydrogens is 973 g/mol. The first kappa shape index (κ1) is 74.8. The van der Waals surface area contributed by atoms with E-state index in [-0.39, 0.29) is 37.5 Å². The van der Waals surface area contributed by atoms with Gasteiger partial charge in [0.1, 0.15) is 13.2 Å². The number of carbonyl (C=O) groups excluding carboxylic acids is 3. The van der Waals surface area contributed by atoms with Gasteiger partial charge in [-0.15, -0.1) is 0 Å². The van der Waals surface area contributed by atoms with Gasteiger partial charge < -0.3 is 14.2 Å². The Labute approximate surface area is 488 Å². The molecule has 0 saturated carbocycles. The van der Waals surface area contributed by atoms with E-state index in [1.54, 1.807) is 0 Å². The van der Waals surface area contributed by atoms with Gasteiger partial charge in [0.05, 0.1) is 0 Å². The number of hydrogen-bond acceptors (Lipinski definition) is 6. The van der Waals surface area contributed by atoms with Gasteiger partial charge in [-0.1, -0.05) is 284 Å². The van der Waals surface area contributed by atoms with Crippen molar-refractivity contribution in [1.29, 1.82) is 0 Å². The van der Waals surface area contributed by atoms with E-state index in [0.29, 0.717) is 25.7 Å². The minimum absolute atomic E-state index is 0.115. The molecule has 0 aliphatic carbocycles. The van der Waals surface area contributed by atoms with Gasteiger partial charge in [0.15, 0.2) is 6.10 Å². The fraction of sp³-hybridized carbons (Fsp3) is 0.685. The normalized spacial score (nSPS) is 12.9. The zero-order valence-electron chi connectivity index (χ0n) is 51.6. The maximum absolute atomic E-state index is 12.9. The lowest BCUT2D eigenvalue weighted by atomic mass is 10.0. The average molecular weight is 1100 g/mol. The summed E-state index contributed by atoms with van der Waals surface area (Å²) in [6.07, 6.45) is 92.4. The van der Waals surface area contributed by atoms with E-state index in [0.717, 1.165) is 96.3 Å². The van der Waals surface area contributed by atoms with Crippen LogP contribution >= 0.6 is 0 Å². The van der Waals surface area contributed by atoms with Crippen molar-refractivity contribution in [2.45, 2.75) is 309 Å². The van der Waals surface area contributed by atoms with E-state index >= 15 is 0 Å². The molecule has 79 heavy (non-hydrogen) atoms. The minimum atomic E-state index is -0.829. The van der Waals surface area contributed by atoms with Crippen LogP contribution in [0.4, 0.5) is 0 Å². The molecule has 0 rings (SSSR count). The zero-order valence-corrected chi connectivity index (χ0v) is 51.6. The van der Waals surface area contributed by atoms with Crippen molar-refractivity contribution in [3.63, 3.8) is 0 Å². The number of hydrogen-bond donors (Lipinski definition) is 0. The Hall–Kier alpha value is -4.19. The maximum atomic E-state index is 12.9. The third-order valence-electron chi connectivity index (χ3n) is 13.9. The largest absolute Gasteiger partial charge is 0.462 e. The minimum Gasteiger partial charge on any atom is -0.462 e. The number of esters is 3. The summed E-state index contributed by atoms with van der Waals surface area (Å²) in [6.45, 7) is 6.35. The molecule has 0 amide bonds. The second-order valence-corrected chi connectivity index (χ2v) is 21.6. The Kier molecular flexibility index (Phi) is 62.8. The van der Waals surface area contributed by atoms with Crippen LogP contribution in [0, 0.1) is 0 Å². The number of rotatable bonds is 59. The van der Waals surface area contributed by atoms with Gasteiger partial charge in [-0.25, -0.2) is 0 Å². The topological polar surface area (TPSA) is 78.9 Å². The molecule has 0 fully saturated rings. The Morgan fingerprint density at radius 1 is 0.266 bits per heavy atom. The molecule has 6 nitrogen and oxygen atoms in total. The van der Waals surface area contributed by atoms with E-state index in [9.17, 15) is 14.4 Å². The number of ether oxygens (including phenoxy) is 3. The standard InChI is InChI=1S/C73H122O6/c1-4-7-10-13-16-19-22-25-28-30-31-32-33-34-35-36-37-38-39-40-41-43-45-48-51-54-57-60-63-66-72(75)78-69-70(68-77-71(74)65-62-59-56-53-50-47-44-27-24-21-18-15-12-9-6-3)79-73(76)67-64-61-58-55-52-49-46-42-29-26-23-20-17-14-11-8-5-2/h8-9,11-12,17-18,20-21,26-27,29-31,44,46,49-50,53,55,58,70H,4-7,10,13-16,19,22-25,28,32-43,45,47-48,51-52,54,56-57,59-69H2,1-3H3/b11-8-,12-9-,20-17-,21-18-,29-26-,31-30-,44-27-,49-46-,53-50-,58-55-. The molecular formula is C73H122O6. The summed E-state index contributed by atoms with van der Waals surface area (Å²) in [4.78, 5) is 38.3. The molecule has 0 aliphatic heterocycles. The van der Waals surface area contributed by atoms with Crippen LogP contribution in [-0.4, -0.2) is 37.2 Å². The van der Waals surface area contributed by atoms with E-state index in [4.69, 9.17) is 14.2 Å². The number of carbonyl (C=O) groups is 3. The Bertz CT molecular complexity index is 1640. The predicted molar refractivity (Wildman–Crippen MR) is 343 cm³/mol. The molecule has 0 saturated heterocycles. The summed E-state index contributed by atoms with van der Waals surface area (Å²) in [5, 5.41) is 0. The lowest BCUT2D eigenvalue weighted by Crippen LogP contribution is -2.30. The molecule has 0 spiro atoms. The summed E-state index contributed by atoms with van der Waals surface area (Å²) < 4.78 is 16.8. The van der Waals surface area contributed by atoms with Crippen molar-refractivity contribution in [1.82, 2.24) is 0 Å². The smallest absolute Gasteiger partial charge is 0.306 e. The van der Waals surface area contributed by atoms with Gasteiger partial charge in [0, 0.05) is 19.3 Å². The molecule has 0 aliphatic rings. The lowest BCUT2D eigenvalue weighted by Gasteiger charge is -2.18. The third-order valence-corrected chi connectivity index (χ3v) is 13.9. The van der Waals surface area contributed by atoms with Gasteiger partial charge in [-0.2, -0.15) is 0 Å².